The van der Waals surface area contributed by atoms with Crippen LogP contribution in [0.3, 0.4) is 0 Å². The minimum Gasteiger partial charge on any atom is -0.350 e. The summed E-state index contributed by atoms with van der Waals surface area (Å²) in [5.41, 5.74) is 0. The molecule has 0 saturated carbocycles. The van der Waals surface area contributed by atoms with E-state index in [2.05, 4.69) is 0 Å². The van der Waals surface area contributed by atoms with Crippen LogP contribution < -0.4 is 0 Å². The Balaban J connectivity index is 1.74. The van der Waals surface area contributed by atoms with E-state index in [4.69, 9.17) is 9.47 Å². The molecule has 0 aliphatic carbocycles. The zero-order chi connectivity index (χ0) is 16.0. The van der Waals surface area contributed by atoms with Gasteiger partial charge >= 0.3 is 0 Å². The average Bonchev–Trinajstić information content (AvgIpc) is 3.01. The van der Waals surface area contributed by atoms with Crippen LogP contribution in [0, 0.1) is 5.92 Å². The van der Waals surface area contributed by atoms with Gasteiger partial charge in [0, 0.05) is 19.0 Å². The van der Waals surface area contributed by atoms with Gasteiger partial charge in [-0.15, -0.1) is 0 Å². The highest BCUT2D eigenvalue weighted by molar-refractivity contribution is 7.92. The molecule has 6 nitrogen and oxygen atoms in total. The molecule has 2 aliphatic heterocycles. The molecule has 0 bridgehead atoms. The maximum Gasteiger partial charge on any atom is 0.237 e. The third-order valence-corrected chi connectivity index (χ3v) is 5.92. The van der Waals surface area contributed by atoms with Gasteiger partial charge in [0.15, 0.2) is 16.1 Å². The van der Waals surface area contributed by atoms with Crippen molar-refractivity contribution in [3.05, 3.63) is 0 Å². The van der Waals surface area contributed by atoms with E-state index in [0.29, 0.717) is 38.6 Å². The Morgan fingerprint density at radius 2 is 1.77 bits per heavy atom. The van der Waals surface area contributed by atoms with Crippen LogP contribution in [-0.4, -0.2) is 63.3 Å². The number of sulfone groups is 1. The van der Waals surface area contributed by atoms with Gasteiger partial charge in [0.1, 0.15) is 5.75 Å². The van der Waals surface area contributed by atoms with Crippen LogP contribution in [-0.2, 0) is 24.1 Å². The van der Waals surface area contributed by atoms with E-state index >= 15 is 0 Å². The number of carbonyl (C=O) groups is 1. The Kier molecular flexibility index (Phi) is 6.65. The molecular weight excluding hydrogens is 306 g/mol. The topological polar surface area (TPSA) is 72.9 Å². The normalized spacial score (nSPS) is 21.4. The van der Waals surface area contributed by atoms with Crippen LogP contribution in [0.25, 0.3) is 0 Å². The number of ether oxygens (including phenoxy) is 2. The second-order valence-electron chi connectivity index (χ2n) is 6.13. The Bertz CT molecular complexity index is 451. The van der Waals surface area contributed by atoms with Gasteiger partial charge in [-0.2, -0.15) is 0 Å². The van der Waals surface area contributed by atoms with E-state index in [-0.39, 0.29) is 23.7 Å². The zero-order valence-corrected chi connectivity index (χ0v) is 14.1. The lowest BCUT2D eigenvalue weighted by Crippen LogP contribution is -2.43. The van der Waals surface area contributed by atoms with Crippen LogP contribution in [0.4, 0.5) is 0 Å². The molecule has 2 aliphatic rings. The van der Waals surface area contributed by atoms with Crippen molar-refractivity contribution in [1.29, 1.82) is 0 Å². The predicted molar refractivity (Wildman–Crippen MR) is 83.2 cm³/mol. The molecule has 22 heavy (non-hydrogen) atoms. The van der Waals surface area contributed by atoms with E-state index < -0.39 is 9.84 Å². The summed E-state index contributed by atoms with van der Waals surface area (Å²) in [4.78, 5) is 13.8. The fourth-order valence-corrected chi connectivity index (χ4v) is 4.34. The van der Waals surface area contributed by atoms with Crippen molar-refractivity contribution < 1.29 is 22.7 Å². The number of hydrogen-bond donors (Lipinski definition) is 0. The molecule has 7 heteroatoms. The summed E-state index contributed by atoms with van der Waals surface area (Å²) in [6.07, 6.45) is 3.99. The molecule has 2 heterocycles. The van der Waals surface area contributed by atoms with E-state index in [1.165, 1.54) is 0 Å². The molecule has 0 aromatic heterocycles. The van der Waals surface area contributed by atoms with Crippen LogP contribution >= 0.6 is 0 Å². The van der Waals surface area contributed by atoms with Gasteiger partial charge < -0.3 is 14.4 Å². The number of unbranched alkanes of at least 4 members (excludes halogenated alkanes) is 2. The third kappa shape index (κ3) is 5.21. The Hall–Kier alpha value is -0.660. The molecule has 2 saturated heterocycles. The molecule has 2 rings (SSSR count). The molecule has 0 unspecified atom stereocenters. The Labute approximate surface area is 133 Å². The number of amides is 1. The molecule has 0 radical (unpaired) electrons. The van der Waals surface area contributed by atoms with Gasteiger partial charge in [-0.25, -0.2) is 8.42 Å². The summed E-state index contributed by atoms with van der Waals surface area (Å²) >= 11 is 0. The summed E-state index contributed by atoms with van der Waals surface area (Å²) in [6.45, 7) is 4.49. The van der Waals surface area contributed by atoms with Crippen molar-refractivity contribution in [2.75, 3.05) is 37.8 Å². The van der Waals surface area contributed by atoms with Crippen molar-refractivity contribution in [2.24, 2.45) is 5.92 Å². The van der Waals surface area contributed by atoms with Crippen molar-refractivity contribution in [3.63, 3.8) is 0 Å². The number of piperidine rings is 1. The van der Waals surface area contributed by atoms with Gasteiger partial charge in [-0.3, -0.25) is 4.79 Å². The highest BCUT2D eigenvalue weighted by atomic mass is 32.2. The first-order chi connectivity index (χ1) is 10.5. The standard InChI is InChI=1S/C15H27NO5S/c1-2-3-4-11-22(18,19)12-14(17)16-7-5-13(6-8-16)15-20-9-10-21-15/h13,15H,2-12H2,1H3. The summed E-state index contributed by atoms with van der Waals surface area (Å²) < 4.78 is 34.9. The summed E-state index contributed by atoms with van der Waals surface area (Å²) in [5, 5.41) is 0. The number of nitrogens with zero attached hydrogens (tertiary/aromatic N) is 1. The van der Waals surface area contributed by atoms with Crippen molar-refractivity contribution in [1.82, 2.24) is 4.90 Å². The number of carbonyl (C=O) groups excluding carboxylic acids is 1. The minimum absolute atomic E-state index is 0.118. The van der Waals surface area contributed by atoms with Crippen LogP contribution in [0.15, 0.2) is 0 Å². The maximum atomic E-state index is 12.2. The Morgan fingerprint density at radius 3 is 2.36 bits per heavy atom. The highest BCUT2D eigenvalue weighted by Gasteiger charge is 2.32. The van der Waals surface area contributed by atoms with Gasteiger partial charge in [0.25, 0.3) is 0 Å². The average molecular weight is 333 g/mol. The lowest BCUT2D eigenvalue weighted by atomic mass is 9.96. The fraction of sp³-hybridized carbons (Fsp3) is 0.933. The summed E-state index contributed by atoms with van der Waals surface area (Å²) in [7, 11) is -3.27. The van der Waals surface area contributed by atoms with Gasteiger partial charge in [0.2, 0.25) is 5.91 Å². The molecule has 0 spiro atoms. The van der Waals surface area contributed by atoms with Crippen molar-refractivity contribution in [3.8, 4) is 0 Å². The molecule has 0 aromatic rings. The van der Waals surface area contributed by atoms with Gasteiger partial charge in [0.05, 0.1) is 19.0 Å². The smallest absolute Gasteiger partial charge is 0.237 e. The molecular formula is C15H27NO5S. The van der Waals surface area contributed by atoms with E-state index in [1.54, 1.807) is 4.90 Å². The van der Waals surface area contributed by atoms with E-state index in [1.807, 2.05) is 6.92 Å². The number of hydrogen-bond acceptors (Lipinski definition) is 5. The van der Waals surface area contributed by atoms with Crippen LogP contribution in [0.2, 0.25) is 0 Å². The van der Waals surface area contributed by atoms with Crippen LogP contribution in [0.1, 0.15) is 39.0 Å². The first-order valence-electron chi connectivity index (χ1n) is 8.23. The minimum atomic E-state index is -3.27. The monoisotopic (exact) mass is 333 g/mol. The van der Waals surface area contributed by atoms with Gasteiger partial charge in [-0.1, -0.05) is 19.8 Å². The molecule has 0 aromatic carbocycles. The van der Waals surface area contributed by atoms with E-state index in [9.17, 15) is 13.2 Å². The van der Waals surface area contributed by atoms with Crippen LogP contribution in [0.5, 0.6) is 0 Å². The number of rotatable bonds is 7. The fourth-order valence-electron chi connectivity index (χ4n) is 2.99. The molecule has 1 amide bonds. The molecule has 2 fully saturated rings. The lowest BCUT2D eigenvalue weighted by Gasteiger charge is -2.33. The summed E-state index contributed by atoms with van der Waals surface area (Å²) in [5.74, 6) is -0.180. The SMILES string of the molecule is CCCCCS(=O)(=O)CC(=O)N1CCC(C2OCCO2)CC1. The molecule has 0 N–H and O–H groups in total. The largest absolute Gasteiger partial charge is 0.350 e. The third-order valence-electron chi connectivity index (χ3n) is 4.33. The van der Waals surface area contributed by atoms with Crippen molar-refractivity contribution >= 4 is 15.7 Å². The first-order valence-corrected chi connectivity index (χ1v) is 10.1. The Morgan fingerprint density at radius 1 is 1.14 bits per heavy atom. The summed E-state index contributed by atoms with van der Waals surface area (Å²) in [6, 6.07) is 0. The van der Waals surface area contributed by atoms with Gasteiger partial charge in [-0.05, 0) is 19.3 Å². The van der Waals surface area contributed by atoms with Crippen molar-refractivity contribution in [2.45, 2.75) is 45.3 Å². The highest BCUT2D eigenvalue weighted by Crippen LogP contribution is 2.25. The first kappa shape index (κ1) is 17.7. The number of likely N-dealkylation sites (tertiary alicyclic amines) is 1. The second-order valence-corrected chi connectivity index (χ2v) is 8.31. The lowest BCUT2D eigenvalue weighted by molar-refractivity contribution is -0.134. The quantitative estimate of drug-likeness (QED) is 0.655. The predicted octanol–water partition coefficient (Wildman–Crippen LogP) is 1.20. The van der Waals surface area contributed by atoms with E-state index in [0.717, 1.165) is 25.7 Å². The second kappa shape index (κ2) is 8.26. The maximum absolute atomic E-state index is 12.2. The molecule has 128 valence electrons. The molecule has 0 atom stereocenters. The zero-order valence-electron chi connectivity index (χ0n) is 13.3.